The number of phenols is 1. The van der Waals surface area contributed by atoms with Gasteiger partial charge >= 0.3 is 5.97 Å². The first-order chi connectivity index (χ1) is 11.0. The third kappa shape index (κ3) is 3.30. The van der Waals surface area contributed by atoms with Gasteiger partial charge in [0.1, 0.15) is 11.5 Å². The molecule has 0 heterocycles. The van der Waals surface area contributed by atoms with Crippen LogP contribution in [0.25, 0.3) is 11.1 Å². The van der Waals surface area contributed by atoms with Gasteiger partial charge in [0.25, 0.3) is 0 Å². The summed E-state index contributed by atoms with van der Waals surface area (Å²) in [4.78, 5) is 12.4. The van der Waals surface area contributed by atoms with E-state index in [4.69, 9.17) is 4.74 Å². The van der Waals surface area contributed by atoms with Gasteiger partial charge in [-0.2, -0.15) is 0 Å². The topological polar surface area (TPSA) is 46.5 Å². The number of hydrogen-bond acceptors (Lipinski definition) is 3. The molecule has 0 amide bonds. The van der Waals surface area contributed by atoms with Crippen molar-refractivity contribution in [2.24, 2.45) is 5.41 Å². The smallest absolute Gasteiger partial charge is 0.316 e. The molecule has 1 N–H and O–H groups in total. The fourth-order valence-electron chi connectivity index (χ4n) is 2.56. The lowest BCUT2D eigenvalue weighted by molar-refractivity contribution is -0.142. The average molecular weight is 326 g/mol. The highest BCUT2D eigenvalue weighted by Gasteiger charge is 2.26. The van der Waals surface area contributed by atoms with Crippen LogP contribution in [0.3, 0.4) is 0 Å². The van der Waals surface area contributed by atoms with E-state index in [1.54, 1.807) is 6.07 Å². The first-order valence-corrected chi connectivity index (χ1v) is 8.16. The molecule has 2 rings (SSSR count). The summed E-state index contributed by atoms with van der Waals surface area (Å²) in [5.74, 6) is 0.388. The number of phenolic OH excluding ortho intramolecular Hbond substituents is 1. The predicted octanol–water partition coefficient (Wildman–Crippen LogP) is 5.24. The number of benzene rings is 2. The lowest BCUT2D eigenvalue weighted by Gasteiger charge is -2.21. The van der Waals surface area contributed by atoms with Gasteiger partial charge in [-0.15, -0.1) is 0 Å². The quantitative estimate of drug-likeness (QED) is 0.606. The van der Waals surface area contributed by atoms with Gasteiger partial charge in [-0.3, -0.25) is 4.79 Å². The molecule has 0 saturated heterocycles. The molecule has 24 heavy (non-hydrogen) atoms. The van der Waals surface area contributed by atoms with Crippen molar-refractivity contribution in [1.29, 1.82) is 0 Å². The minimum absolute atomic E-state index is 0.194. The second-order valence-electron chi connectivity index (χ2n) is 7.42. The van der Waals surface area contributed by atoms with Crippen molar-refractivity contribution in [2.45, 2.75) is 48.5 Å². The molecule has 128 valence electrons. The Balaban J connectivity index is 2.72. The number of carbonyl (C=O) groups is 1. The van der Waals surface area contributed by atoms with Gasteiger partial charge < -0.3 is 9.84 Å². The second-order valence-corrected chi connectivity index (χ2v) is 7.42. The maximum Gasteiger partial charge on any atom is 0.316 e. The van der Waals surface area contributed by atoms with Crippen molar-refractivity contribution >= 4 is 5.97 Å². The van der Waals surface area contributed by atoms with E-state index >= 15 is 0 Å². The normalized spacial score (nSPS) is 11.5. The van der Waals surface area contributed by atoms with Crippen LogP contribution in [-0.4, -0.2) is 11.1 Å². The predicted molar refractivity (Wildman–Crippen MR) is 97.6 cm³/mol. The number of ether oxygens (including phenoxy) is 1. The number of aromatic hydroxyl groups is 1. The number of hydrogen-bond donors (Lipinski definition) is 1. The molecular formula is C21H26O3. The summed E-state index contributed by atoms with van der Waals surface area (Å²) in [7, 11) is 0. The summed E-state index contributed by atoms with van der Waals surface area (Å²) in [6.45, 7) is 13.4. The van der Waals surface area contributed by atoms with Crippen molar-refractivity contribution in [3.8, 4) is 22.6 Å². The molecule has 2 aromatic rings. The number of rotatable bonds is 2. The fourth-order valence-corrected chi connectivity index (χ4v) is 2.56. The average Bonchev–Trinajstić information content (AvgIpc) is 2.48. The molecule has 0 aliphatic carbocycles. The largest absolute Gasteiger partial charge is 0.507 e. The molecule has 3 heteroatoms. The fraction of sp³-hybridized carbons (Fsp3) is 0.381. The van der Waals surface area contributed by atoms with E-state index in [-0.39, 0.29) is 11.7 Å². The Morgan fingerprint density at radius 1 is 0.875 bits per heavy atom. The minimum atomic E-state index is -0.597. The van der Waals surface area contributed by atoms with Crippen LogP contribution in [-0.2, 0) is 4.79 Å². The molecule has 0 radical (unpaired) electrons. The van der Waals surface area contributed by atoms with Gasteiger partial charge in [-0.25, -0.2) is 0 Å². The van der Waals surface area contributed by atoms with Crippen LogP contribution in [0.2, 0.25) is 0 Å². The zero-order valence-corrected chi connectivity index (χ0v) is 15.6. The van der Waals surface area contributed by atoms with E-state index < -0.39 is 5.41 Å². The Morgan fingerprint density at radius 3 is 1.92 bits per heavy atom. The van der Waals surface area contributed by atoms with Crippen LogP contribution in [0.5, 0.6) is 11.5 Å². The summed E-state index contributed by atoms with van der Waals surface area (Å²) in [5.41, 5.74) is 5.06. The molecule has 0 aromatic heterocycles. The lowest BCUT2D eigenvalue weighted by Crippen LogP contribution is -2.25. The molecule has 0 aliphatic rings. The maximum absolute atomic E-state index is 12.4. The molecule has 0 saturated carbocycles. The molecule has 2 aromatic carbocycles. The van der Waals surface area contributed by atoms with Crippen LogP contribution in [0.4, 0.5) is 0 Å². The Labute approximate surface area is 144 Å². The Morgan fingerprint density at radius 2 is 1.38 bits per heavy atom. The van der Waals surface area contributed by atoms with E-state index in [1.807, 2.05) is 66.7 Å². The summed E-state index contributed by atoms with van der Waals surface area (Å²) in [6.07, 6.45) is 0. The Kier molecular flexibility index (Phi) is 4.75. The standard InChI is InChI=1S/C21H26O3/c1-12-8-10-16(22)18(14(12)3)19-15(4)13(2)9-11-17(19)24-20(23)21(5,6)7/h8-11,22H,1-7H3. The van der Waals surface area contributed by atoms with Crippen LogP contribution >= 0.6 is 0 Å². The van der Waals surface area contributed by atoms with Gasteiger partial charge in [0, 0.05) is 11.1 Å². The first kappa shape index (κ1) is 18.1. The van der Waals surface area contributed by atoms with Crippen molar-refractivity contribution in [2.75, 3.05) is 0 Å². The molecular weight excluding hydrogens is 300 g/mol. The molecule has 0 spiro atoms. The zero-order chi connectivity index (χ0) is 18.2. The number of aryl methyl sites for hydroxylation is 2. The van der Waals surface area contributed by atoms with Crippen LogP contribution in [0.1, 0.15) is 43.0 Å². The highest BCUT2D eigenvalue weighted by atomic mass is 16.5. The lowest BCUT2D eigenvalue weighted by atomic mass is 9.90. The minimum Gasteiger partial charge on any atom is -0.507 e. The molecule has 0 aliphatic heterocycles. The van der Waals surface area contributed by atoms with Crippen molar-refractivity contribution in [1.82, 2.24) is 0 Å². The highest BCUT2D eigenvalue weighted by Crippen LogP contribution is 2.42. The van der Waals surface area contributed by atoms with Gasteiger partial charge in [0.15, 0.2) is 0 Å². The molecule has 0 bridgehead atoms. The van der Waals surface area contributed by atoms with E-state index in [1.165, 1.54) is 0 Å². The third-order valence-electron chi connectivity index (χ3n) is 4.48. The number of esters is 1. The monoisotopic (exact) mass is 326 g/mol. The first-order valence-electron chi connectivity index (χ1n) is 8.16. The SMILES string of the molecule is Cc1ccc(O)c(-c2c(OC(=O)C(C)(C)C)ccc(C)c2C)c1C. The summed E-state index contributed by atoms with van der Waals surface area (Å²) >= 11 is 0. The summed E-state index contributed by atoms with van der Waals surface area (Å²) in [5, 5.41) is 10.5. The Bertz CT molecular complexity index is 796. The number of carbonyl (C=O) groups excluding carboxylic acids is 1. The van der Waals surface area contributed by atoms with E-state index in [0.29, 0.717) is 5.75 Å². The molecule has 0 fully saturated rings. The second kappa shape index (κ2) is 6.31. The van der Waals surface area contributed by atoms with E-state index in [9.17, 15) is 9.90 Å². The van der Waals surface area contributed by atoms with E-state index in [2.05, 4.69) is 0 Å². The van der Waals surface area contributed by atoms with Crippen LogP contribution in [0, 0.1) is 33.1 Å². The zero-order valence-electron chi connectivity index (χ0n) is 15.6. The maximum atomic E-state index is 12.4. The van der Waals surface area contributed by atoms with Gasteiger partial charge in [-0.1, -0.05) is 12.1 Å². The van der Waals surface area contributed by atoms with Gasteiger partial charge in [-0.05, 0) is 82.9 Å². The van der Waals surface area contributed by atoms with Crippen LogP contribution < -0.4 is 4.74 Å². The van der Waals surface area contributed by atoms with Crippen molar-refractivity contribution in [3.05, 3.63) is 46.5 Å². The molecule has 3 nitrogen and oxygen atoms in total. The van der Waals surface area contributed by atoms with Crippen LogP contribution in [0.15, 0.2) is 24.3 Å². The molecule has 0 unspecified atom stereocenters. The summed E-state index contributed by atoms with van der Waals surface area (Å²) in [6, 6.07) is 7.32. The van der Waals surface area contributed by atoms with Gasteiger partial charge in [0.2, 0.25) is 0 Å². The van der Waals surface area contributed by atoms with E-state index in [0.717, 1.165) is 33.4 Å². The summed E-state index contributed by atoms with van der Waals surface area (Å²) < 4.78 is 5.70. The van der Waals surface area contributed by atoms with Crippen molar-refractivity contribution < 1.29 is 14.6 Å². The van der Waals surface area contributed by atoms with Gasteiger partial charge in [0.05, 0.1) is 5.41 Å². The third-order valence-corrected chi connectivity index (χ3v) is 4.48. The highest BCUT2D eigenvalue weighted by molar-refractivity contribution is 5.86. The van der Waals surface area contributed by atoms with Crippen molar-refractivity contribution in [3.63, 3.8) is 0 Å². The molecule has 0 atom stereocenters. The Hall–Kier alpha value is -2.29.